The van der Waals surface area contributed by atoms with Crippen LogP contribution in [0.4, 0.5) is 10.5 Å². The molecular weight excluding hydrogens is 397 g/mol. The van der Waals surface area contributed by atoms with Gasteiger partial charge in [-0.05, 0) is 38.5 Å². The Kier molecular flexibility index (Phi) is 6.33. The van der Waals surface area contributed by atoms with Crippen LogP contribution in [0.2, 0.25) is 10.0 Å². The lowest BCUT2D eigenvalue weighted by Crippen LogP contribution is -2.44. The maximum atomic E-state index is 12.3. The van der Waals surface area contributed by atoms with Crippen LogP contribution in [-0.2, 0) is 19.1 Å². The van der Waals surface area contributed by atoms with Crippen LogP contribution in [0, 0.1) is 0 Å². The minimum absolute atomic E-state index is 0.333. The van der Waals surface area contributed by atoms with Crippen molar-refractivity contribution in [2.24, 2.45) is 0 Å². The third-order valence-electron chi connectivity index (χ3n) is 4.15. The molecule has 0 spiro atoms. The molecule has 2 N–H and O–H groups in total. The van der Waals surface area contributed by atoms with Crippen molar-refractivity contribution in [3.63, 3.8) is 0 Å². The van der Waals surface area contributed by atoms with E-state index in [0.717, 1.165) is 4.90 Å². The molecular formula is C17H19Cl2N3O5. The van der Waals surface area contributed by atoms with Crippen LogP contribution < -0.4 is 10.6 Å². The molecule has 4 amide bonds. The topological polar surface area (TPSA) is 105 Å². The van der Waals surface area contributed by atoms with Gasteiger partial charge in [0.05, 0.1) is 0 Å². The number of ether oxygens (including phenoxy) is 1. The molecule has 146 valence electrons. The van der Waals surface area contributed by atoms with E-state index in [-0.39, 0.29) is 0 Å². The second-order valence-electron chi connectivity index (χ2n) is 6.29. The molecule has 2 atom stereocenters. The second kappa shape index (κ2) is 8.14. The van der Waals surface area contributed by atoms with Gasteiger partial charge in [0.1, 0.15) is 12.1 Å². The number of amides is 4. The fourth-order valence-electron chi connectivity index (χ4n) is 2.42. The number of urea groups is 1. The van der Waals surface area contributed by atoms with Crippen LogP contribution in [0.5, 0.6) is 0 Å². The molecule has 10 heteroatoms. The van der Waals surface area contributed by atoms with E-state index in [0.29, 0.717) is 22.2 Å². The summed E-state index contributed by atoms with van der Waals surface area (Å²) in [5, 5.41) is 5.71. The fraction of sp³-hybridized carbons (Fsp3) is 0.412. The highest BCUT2D eigenvalue weighted by atomic mass is 35.5. The molecule has 1 saturated heterocycles. The first-order valence-electron chi connectivity index (χ1n) is 8.16. The van der Waals surface area contributed by atoms with Crippen molar-refractivity contribution >= 4 is 52.7 Å². The van der Waals surface area contributed by atoms with Gasteiger partial charge in [-0.2, -0.15) is 0 Å². The van der Waals surface area contributed by atoms with Crippen molar-refractivity contribution in [3.05, 3.63) is 28.2 Å². The van der Waals surface area contributed by atoms with Gasteiger partial charge < -0.3 is 15.4 Å². The van der Waals surface area contributed by atoms with Crippen molar-refractivity contribution in [2.45, 2.75) is 38.8 Å². The summed E-state index contributed by atoms with van der Waals surface area (Å²) < 4.78 is 5.01. The Balaban J connectivity index is 1.94. The fourth-order valence-corrected chi connectivity index (χ4v) is 2.94. The lowest BCUT2D eigenvalue weighted by molar-refractivity contribution is -0.155. The number of hydrogen-bond acceptors (Lipinski definition) is 5. The van der Waals surface area contributed by atoms with E-state index < -0.39 is 42.0 Å². The number of imide groups is 1. The van der Waals surface area contributed by atoms with Gasteiger partial charge in [-0.1, -0.05) is 30.1 Å². The van der Waals surface area contributed by atoms with Gasteiger partial charge >= 0.3 is 12.0 Å². The summed E-state index contributed by atoms with van der Waals surface area (Å²) in [4.78, 5) is 49.1. The molecule has 1 heterocycles. The highest BCUT2D eigenvalue weighted by molar-refractivity contribution is 6.35. The van der Waals surface area contributed by atoms with E-state index >= 15 is 0 Å². The zero-order chi connectivity index (χ0) is 20.4. The monoisotopic (exact) mass is 415 g/mol. The first-order chi connectivity index (χ1) is 12.6. The van der Waals surface area contributed by atoms with Gasteiger partial charge in [-0.15, -0.1) is 0 Å². The Bertz CT molecular complexity index is 781. The Morgan fingerprint density at radius 1 is 1.26 bits per heavy atom. The average Bonchev–Trinajstić information content (AvgIpc) is 2.77. The smallest absolute Gasteiger partial charge is 0.327 e. The van der Waals surface area contributed by atoms with Crippen LogP contribution in [0.3, 0.4) is 0 Å². The van der Waals surface area contributed by atoms with Crippen LogP contribution in [0.1, 0.15) is 27.2 Å². The average molecular weight is 416 g/mol. The number of rotatable bonds is 6. The number of hydrogen-bond donors (Lipinski definition) is 2. The van der Waals surface area contributed by atoms with Gasteiger partial charge in [0.25, 0.3) is 11.8 Å². The summed E-state index contributed by atoms with van der Waals surface area (Å²) in [5.41, 5.74) is -0.708. The third-order valence-corrected chi connectivity index (χ3v) is 4.58. The van der Waals surface area contributed by atoms with Crippen LogP contribution >= 0.6 is 23.2 Å². The van der Waals surface area contributed by atoms with Crippen molar-refractivity contribution < 1.29 is 23.9 Å². The molecule has 0 unspecified atom stereocenters. The maximum absolute atomic E-state index is 12.3. The van der Waals surface area contributed by atoms with E-state index in [1.54, 1.807) is 13.8 Å². The number of halogens is 2. The van der Waals surface area contributed by atoms with E-state index in [1.807, 2.05) is 0 Å². The van der Waals surface area contributed by atoms with Crippen LogP contribution in [0.25, 0.3) is 0 Å². The predicted octanol–water partition coefficient (Wildman–Crippen LogP) is 2.58. The molecule has 0 aromatic heterocycles. The van der Waals surface area contributed by atoms with E-state index in [2.05, 4.69) is 10.6 Å². The van der Waals surface area contributed by atoms with Crippen molar-refractivity contribution in [3.8, 4) is 0 Å². The predicted molar refractivity (Wildman–Crippen MR) is 99.6 cm³/mol. The van der Waals surface area contributed by atoms with Gasteiger partial charge in [-0.25, -0.2) is 4.79 Å². The van der Waals surface area contributed by atoms with Crippen LogP contribution in [0.15, 0.2) is 18.2 Å². The van der Waals surface area contributed by atoms with E-state index in [9.17, 15) is 19.2 Å². The quantitative estimate of drug-likeness (QED) is 0.548. The van der Waals surface area contributed by atoms with Gasteiger partial charge in [0.15, 0.2) is 6.10 Å². The first kappa shape index (κ1) is 21.0. The number of nitrogens with one attached hydrogen (secondary N) is 2. The maximum Gasteiger partial charge on any atom is 0.327 e. The first-order valence-corrected chi connectivity index (χ1v) is 8.92. The highest BCUT2D eigenvalue weighted by Gasteiger charge is 2.47. The Hall–Kier alpha value is -2.32. The number of nitrogens with zero attached hydrogens (tertiary/aromatic N) is 1. The molecule has 0 radical (unpaired) electrons. The number of benzene rings is 1. The normalized spacial score (nSPS) is 20.3. The number of carbonyl (C=O) groups is 4. The molecule has 1 fully saturated rings. The summed E-state index contributed by atoms with van der Waals surface area (Å²) >= 11 is 11.7. The molecule has 1 aromatic rings. The van der Waals surface area contributed by atoms with E-state index in [1.165, 1.54) is 25.1 Å². The highest BCUT2D eigenvalue weighted by Crippen LogP contribution is 2.23. The molecule has 0 aliphatic carbocycles. The largest absolute Gasteiger partial charge is 0.451 e. The summed E-state index contributed by atoms with van der Waals surface area (Å²) in [6.07, 6.45) is -0.780. The standard InChI is InChI=1S/C17H19Cl2N3O5/c1-4-17(3)15(25)22(16(26)21-17)8-13(23)27-9(2)14(24)20-12-6-10(18)5-11(19)7-12/h5-7,9H,4,8H2,1-3H3,(H,20,24)(H,21,26)/t9-,17-/m0/s1. The SMILES string of the molecule is CC[C@]1(C)NC(=O)N(CC(=O)O[C@@H](C)C(=O)Nc2cc(Cl)cc(Cl)c2)C1=O. The molecule has 1 aromatic carbocycles. The summed E-state index contributed by atoms with van der Waals surface area (Å²) in [6.45, 7) is 4.10. The van der Waals surface area contributed by atoms with Gasteiger partial charge in [-0.3, -0.25) is 19.3 Å². The Morgan fingerprint density at radius 2 is 1.85 bits per heavy atom. The Morgan fingerprint density at radius 3 is 2.37 bits per heavy atom. The zero-order valence-corrected chi connectivity index (χ0v) is 16.5. The molecule has 1 aliphatic rings. The summed E-state index contributed by atoms with van der Waals surface area (Å²) in [6, 6.07) is 3.80. The minimum atomic E-state index is -1.16. The van der Waals surface area contributed by atoms with Crippen molar-refractivity contribution in [2.75, 3.05) is 11.9 Å². The molecule has 0 bridgehead atoms. The zero-order valence-electron chi connectivity index (χ0n) is 15.0. The summed E-state index contributed by atoms with van der Waals surface area (Å²) in [5.74, 6) is -2.01. The summed E-state index contributed by atoms with van der Waals surface area (Å²) in [7, 11) is 0. The molecule has 1 aliphatic heterocycles. The number of anilines is 1. The molecule has 0 saturated carbocycles. The van der Waals surface area contributed by atoms with E-state index in [4.69, 9.17) is 27.9 Å². The van der Waals surface area contributed by atoms with Gasteiger partial charge in [0, 0.05) is 15.7 Å². The molecule has 8 nitrogen and oxygen atoms in total. The lowest BCUT2D eigenvalue weighted by Gasteiger charge is -2.19. The van der Waals surface area contributed by atoms with Gasteiger partial charge in [0.2, 0.25) is 0 Å². The third kappa shape index (κ3) is 4.90. The molecule has 2 rings (SSSR count). The van der Waals surface area contributed by atoms with Crippen LogP contribution in [-0.4, -0.2) is 46.9 Å². The minimum Gasteiger partial charge on any atom is -0.451 e. The Labute approximate surface area is 166 Å². The van der Waals surface area contributed by atoms with Crippen molar-refractivity contribution in [1.29, 1.82) is 0 Å². The van der Waals surface area contributed by atoms with Crippen molar-refractivity contribution in [1.82, 2.24) is 10.2 Å². The lowest BCUT2D eigenvalue weighted by atomic mass is 9.99. The number of carbonyl (C=O) groups excluding carboxylic acids is 4. The number of esters is 1. The molecule has 27 heavy (non-hydrogen) atoms. The second-order valence-corrected chi connectivity index (χ2v) is 7.16.